The van der Waals surface area contributed by atoms with Crippen LogP contribution in [0.4, 0.5) is 4.39 Å². The van der Waals surface area contributed by atoms with Crippen LogP contribution in [-0.2, 0) is 9.47 Å². The van der Waals surface area contributed by atoms with Gasteiger partial charge < -0.3 is 9.47 Å². The van der Waals surface area contributed by atoms with Crippen molar-refractivity contribution in [2.45, 2.75) is 6.42 Å². The monoisotopic (exact) mass is 238 g/mol. The van der Waals surface area contributed by atoms with Gasteiger partial charge in [-0.25, -0.2) is 4.39 Å². The summed E-state index contributed by atoms with van der Waals surface area (Å²) in [6, 6.07) is 5.95. The third-order valence-electron chi connectivity index (χ3n) is 2.78. The number of hydrogen-bond acceptors (Lipinski definition) is 3. The molecule has 0 aromatic heterocycles. The molecule has 0 amide bonds. The van der Waals surface area contributed by atoms with E-state index in [0.29, 0.717) is 19.1 Å². The Kier molecular flexibility index (Phi) is 4.23. The average Bonchev–Trinajstić information content (AvgIpc) is 2.82. The van der Waals surface area contributed by atoms with E-state index in [4.69, 9.17) is 9.47 Å². The standard InChI is InChI=1S/C13H15FO3/c14-12-4-2-1-3-11(12)13(15)9-17-8-10-5-6-16-7-10/h1-4,10H,5-9H2. The fourth-order valence-corrected chi connectivity index (χ4v) is 1.80. The van der Waals surface area contributed by atoms with E-state index in [9.17, 15) is 9.18 Å². The molecule has 1 aromatic rings. The number of Topliss-reactive ketones (excluding diaryl/α,β-unsaturated/α-hetero) is 1. The third-order valence-corrected chi connectivity index (χ3v) is 2.78. The molecule has 1 aromatic carbocycles. The van der Waals surface area contributed by atoms with Crippen LogP contribution in [0, 0.1) is 11.7 Å². The highest BCUT2D eigenvalue weighted by atomic mass is 19.1. The van der Waals surface area contributed by atoms with Crippen molar-refractivity contribution in [1.82, 2.24) is 0 Å². The highest BCUT2D eigenvalue weighted by Gasteiger charge is 2.17. The van der Waals surface area contributed by atoms with Crippen LogP contribution in [0.2, 0.25) is 0 Å². The van der Waals surface area contributed by atoms with Gasteiger partial charge in [-0.3, -0.25) is 4.79 Å². The summed E-state index contributed by atoms with van der Waals surface area (Å²) in [6.45, 7) is 1.88. The van der Waals surface area contributed by atoms with Crippen LogP contribution < -0.4 is 0 Å². The summed E-state index contributed by atoms with van der Waals surface area (Å²) in [5.74, 6) is -0.448. The number of carbonyl (C=O) groups excluding carboxylic acids is 1. The molecule has 4 heteroatoms. The van der Waals surface area contributed by atoms with Crippen LogP contribution >= 0.6 is 0 Å². The Balaban J connectivity index is 1.79. The second-order valence-corrected chi connectivity index (χ2v) is 4.15. The summed E-state index contributed by atoms with van der Waals surface area (Å²) in [5, 5.41) is 0. The summed E-state index contributed by atoms with van der Waals surface area (Å²) in [7, 11) is 0. The van der Waals surface area contributed by atoms with Crippen molar-refractivity contribution in [3.05, 3.63) is 35.6 Å². The summed E-state index contributed by atoms with van der Waals surface area (Å²) in [4.78, 5) is 11.6. The second-order valence-electron chi connectivity index (χ2n) is 4.15. The lowest BCUT2D eigenvalue weighted by Gasteiger charge is -2.08. The smallest absolute Gasteiger partial charge is 0.191 e. The van der Waals surface area contributed by atoms with Crippen LogP contribution in [0.1, 0.15) is 16.8 Å². The van der Waals surface area contributed by atoms with Crippen molar-refractivity contribution in [2.24, 2.45) is 5.92 Å². The van der Waals surface area contributed by atoms with E-state index in [-0.39, 0.29) is 18.0 Å². The molecule has 17 heavy (non-hydrogen) atoms. The van der Waals surface area contributed by atoms with E-state index in [0.717, 1.165) is 13.0 Å². The van der Waals surface area contributed by atoms with Gasteiger partial charge in [-0.15, -0.1) is 0 Å². The molecule has 1 saturated heterocycles. The lowest BCUT2D eigenvalue weighted by molar-refractivity contribution is 0.0648. The zero-order chi connectivity index (χ0) is 12.1. The first-order valence-electron chi connectivity index (χ1n) is 5.70. The molecule has 3 nitrogen and oxygen atoms in total. The van der Waals surface area contributed by atoms with Crippen molar-refractivity contribution in [3.63, 3.8) is 0 Å². The fourth-order valence-electron chi connectivity index (χ4n) is 1.80. The van der Waals surface area contributed by atoms with Crippen LogP contribution in [0.15, 0.2) is 24.3 Å². The largest absolute Gasteiger partial charge is 0.381 e. The molecule has 1 aliphatic rings. The molecule has 0 saturated carbocycles. The normalized spacial score (nSPS) is 19.5. The third kappa shape index (κ3) is 3.35. The van der Waals surface area contributed by atoms with Crippen molar-refractivity contribution >= 4 is 5.78 Å². The number of rotatable bonds is 5. The average molecular weight is 238 g/mol. The SMILES string of the molecule is O=C(COCC1CCOC1)c1ccccc1F. The van der Waals surface area contributed by atoms with Gasteiger partial charge in [0.25, 0.3) is 0 Å². The lowest BCUT2D eigenvalue weighted by Crippen LogP contribution is -2.16. The summed E-state index contributed by atoms with van der Waals surface area (Å²) in [6.07, 6.45) is 0.966. The van der Waals surface area contributed by atoms with Gasteiger partial charge in [-0.05, 0) is 18.6 Å². The summed E-state index contributed by atoms with van der Waals surface area (Å²) >= 11 is 0. The minimum Gasteiger partial charge on any atom is -0.381 e. The van der Waals surface area contributed by atoms with Gasteiger partial charge in [0.1, 0.15) is 12.4 Å². The number of benzene rings is 1. The Labute approximate surface area is 99.5 Å². The fraction of sp³-hybridized carbons (Fsp3) is 0.462. The minimum atomic E-state index is -0.495. The molecular weight excluding hydrogens is 223 g/mol. The van der Waals surface area contributed by atoms with Gasteiger partial charge in [-0.2, -0.15) is 0 Å². The van der Waals surface area contributed by atoms with E-state index < -0.39 is 5.82 Å². The zero-order valence-corrected chi connectivity index (χ0v) is 9.52. The first-order chi connectivity index (χ1) is 8.27. The van der Waals surface area contributed by atoms with Crippen molar-refractivity contribution in [2.75, 3.05) is 26.4 Å². The quantitative estimate of drug-likeness (QED) is 0.736. The number of carbonyl (C=O) groups is 1. The van der Waals surface area contributed by atoms with Crippen molar-refractivity contribution in [1.29, 1.82) is 0 Å². The first-order valence-corrected chi connectivity index (χ1v) is 5.70. The highest BCUT2D eigenvalue weighted by Crippen LogP contribution is 2.13. The summed E-state index contributed by atoms with van der Waals surface area (Å²) in [5.41, 5.74) is 0.0928. The summed E-state index contributed by atoms with van der Waals surface area (Å²) < 4.78 is 23.8. The number of hydrogen-bond donors (Lipinski definition) is 0. The maximum absolute atomic E-state index is 13.3. The minimum absolute atomic E-state index is 0.0720. The molecule has 0 radical (unpaired) electrons. The molecule has 1 aliphatic heterocycles. The van der Waals surface area contributed by atoms with Crippen LogP contribution in [0.25, 0.3) is 0 Å². The van der Waals surface area contributed by atoms with E-state index in [1.807, 2.05) is 0 Å². The van der Waals surface area contributed by atoms with Gasteiger partial charge in [0.05, 0.1) is 18.8 Å². The van der Waals surface area contributed by atoms with E-state index in [1.54, 1.807) is 12.1 Å². The molecular formula is C13H15FO3. The van der Waals surface area contributed by atoms with Gasteiger partial charge in [-0.1, -0.05) is 12.1 Å². The predicted molar refractivity (Wildman–Crippen MR) is 60.5 cm³/mol. The first kappa shape index (κ1) is 12.2. The Morgan fingerprint density at radius 2 is 2.29 bits per heavy atom. The number of halogens is 1. The number of ether oxygens (including phenoxy) is 2. The molecule has 0 spiro atoms. The van der Waals surface area contributed by atoms with E-state index in [2.05, 4.69) is 0 Å². The van der Waals surface area contributed by atoms with E-state index in [1.165, 1.54) is 12.1 Å². The molecule has 2 rings (SSSR count). The maximum Gasteiger partial charge on any atom is 0.191 e. The van der Waals surface area contributed by atoms with Crippen molar-refractivity contribution < 1.29 is 18.7 Å². The topological polar surface area (TPSA) is 35.5 Å². The highest BCUT2D eigenvalue weighted by molar-refractivity contribution is 5.97. The van der Waals surface area contributed by atoms with Gasteiger partial charge in [0.2, 0.25) is 0 Å². The maximum atomic E-state index is 13.3. The molecule has 1 unspecified atom stereocenters. The number of ketones is 1. The van der Waals surface area contributed by atoms with E-state index >= 15 is 0 Å². The van der Waals surface area contributed by atoms with Crippen LogP contribution in [0.3, 0.4) is 0 Å². The molecule has 1 fully saturated rings. The zero-order valence-electron chi connectivity index (χ0n) is 9.52. The predicted octanol–water partition coefficient (Wildman–Crippen LogP) is 2.06. The van der Waals surface area contributed by atoms with Crippen LogP contribution in [-0.4, -0.2) is 32.2 Å². The van der Waals surface area contributed by atoms with Gasteiger partial charge >= 0.3 is 0 Å². The molecule has 1 heterocycles. The second kappa shape index (κ2) is 5.89. The molecule has 1 atom stereocenters. The Morgan fingerprint density at radius 1 is 1.47 bits per heavy atom. The van der Waals surface area contributed by atoms with Crippen molar-refractivity contribution in [3.8, 4) is 0 Å². The molecule has 92 valence electrons. The lowest BCUT2D eigenvalue weighted by atomic mass is 10.1. The van der Waals surface area contributed by atoms with Gasteiger partial charge in [0, 0.05) is 12.5 Å². The Morgan fingerprint density at radius 3 is 3.00 bits per heavy atom. The van der Waals surface area contributed by atoms with Gasteiger partial charge in [0.15, 0.2) is 5.78 Å². The Bertz CT molecular complexity index is 386. The Hall–Kier alpha value is -1.26. The van der Waals surface area contributed by atoms with Crippen LogP contribution in [0.5, 0.6) is 0 Å². The molecule has 0 bridgehead atoms. The molecule has 0 aliphatic carbocycles. The molecule has 0 N–H and O–H groups in total.